The zero-order valence-electron chi connectivity index (χ0n) is 20.4. The van der Waals surface area contributed by atoms with Crippen molar-refractivity contribution in [1.82, 2.24) is 0 Å². The van der Waals surface area contributed by atoms with E-state index in [1.54, 1.807) is 36.4 Å². The van der Waals surface area contributed by atoms with Crippen molar-refractivity contribution < 1.29 is 33.3 Å². The summed E-state index contributed by atoms with van der Waals surface area (Å²) in [6, 6.07) is 12.5. The predicted molar refractivity (Wildman–Crippen MR) is 130 cm³/mol. The van der Waals surface area contributed by atoms with Gasteiger partial charge in [0, 0.05) is 6.08 Å². The number of benzene rings is 2. The van der Waals surface area contributed by atoms with Gasteiger partial charge in [-0.2, -0.15) is 0 Å². The summed E-state index contributed by atoms with van der Waals surface area (Å²) in [5.41, 5.74) is 0.735. The van der Waals surface area contributed by atoms with Crippen molar-refractivity contribution in [3.8, 4) is 11.5 Å². The van der Waals surface area contributed by atoms with E-state index in [0.29, 0.717) is 40.4 Å². The van der Waals surface area contributed by atoms with Crippen LogP contribution >= 0.6 is 0 Å². The van der Waals surface area contributed by atoms with Crippen LogP contribution in [0, 0.1) is 17.8 Å². The third-order valence-electron chi connectivity index (χ3n) is 6.20. The number of hydrogen-bond donors (Lipinski definition) is 0. The van der Waals surface area contributed by atoms with Gasteiger partial charge in [-0.25, -0.2) is 14.4 Å². The second-order valence-electron chi connectivity index (χ2n) is 9.14. The van der Waals surface area contributed by atoms with Crippen molar-refractivity contribution in [3.63, 3.8) is 0 Å². The Morgan fingerprint density at radius 2 is 1.54 bits per heavy atom. The molecule has 35 heavy (non-hydrogen) atoms. The quantitative estimate of drug-likeness (QED) is 0.200. The average molecular weight is 481 g/mol. The van der Waals surface area contributed by atoms with Gasteiger partial charge >= 0.3 is 17.9 Å². The maximum absolute atomic E-state index is 12.7. The Hall–Kier alpha value is -3.61. The van der Waals surface area contributed by atoms with Crippen LogP contribution in [-0.4, -0.2) is 30.8 Å². The van der Waals surface area contributed by atoms with E-state index in [4.69, 9.17) is 18.9 Å². The highest BCUT2D eigenvalue weighted by molar-refractivity contribution is 5.92. The summed E-state index contributed by atoms with van der Waals surface area (Å²) in [7, 11) is 0. The van der Waals surface area contributed by atoms with Crippen LogP contribution in [0.4, 0.5) is 0 Å². The maximum atomic E-state index is 12.7. The molecule has 7 heteroatoms. The number of esters is 3. The van der Waals surface area contributed by atoms with Crippen LogP contribution in [0.25, 0.3) is 0 Å². The maximum Gasteiger partial charge on any atom is 0.343 e. The molecule has 1 aliphatic rings. The van der Waals surface area contributed by atoms with E-state index in [2.05, 4.69) is 27.4 Å². The van der Waals surface area contributed by atoms with E-state index >= 15 is 0 Å². The first-order valence-corrected chi connectivity index (χ1v) is 11.8. The molecule has 0 spiro atoms. The number of rotatable bonds is 9. The molecule has 0 bridgehead atoms. The summed E-state index contributed by atoms with van der Waals surface area (Å²) in [5, 5.41) is 0. The van der Waals surface area contributed by atoms with Crippen LogP contribution < -0.4 is 9.47 Å². The number of ether oxygens (including phenoxy) is 4. The van der Waals surface area contributed by atoms with E-state index in [1.807, 2.05) is 0 Å². The van der Waals surface area contributed by atoms with Crippen LogP contribution in [0.3, 0.4) is 0 Å². The van der Waals surface area contributed by atoms with Crippen molar-refractivity contribution >= 4 is 17.9 Å². The monoisotopic (exact) mass is 480 g/mol. The van der Waals surface area contributed by atoms with Gasteiger partial charge in [-0.3, -0.25) is 0 Å². The third kappa shape index (κ3) is 7.44. The molecule has 2 aromatic rings. The highest BCUT2D eigenvalue weighted by Gasteiger charge is 2.33. The second kappa shape index (κ2) is 12.2. The average Bonchev–Trinajstić information content (AvgIpc) is 2.84. The number of carbonyl (C=O) groups is 3. The predicted octanol–water partition coefficient (Wildman–Crippen LogP) is 5.59. The third-order valence-corrected chi connectivity index (χ3v) is 6.20. The smallest absolute Gasteiger partial charge is 0.343 e. The molecular weight excluding hydrogens is 448 g/mol. The fourth-order valence-corrected chi connectivity index (χ4v) is 4.18. The Morgan fingerprint density at radius 3 is 2.14 bits per heavy atom. The lowest BCUT2D eigenvalue weighted by Gasteiger charge is -2.36. The zero-order valence-corrected chi connectivity index (χ0v) is 20.4. The van der Waals surface area contributed by atoms with E-state index < -0.39 is 11.9 Å². The molecule has 3 atom stereocenters. The molecule has 186 valence electrons. The molecule has 0 N–H and O–H groups in total. The van der Waals surface area contributed by atoms with Crippen LogP contribution in [-0.2, 0) is 14.3 Å². The lowest BCUT2D eigenvalue weighted by atomic mass is 9.75. The molecule has 3 unspecified atom stereocenters. The van der Waals surface area contributed by atoms with E-state index in [0.717, 1.165) is 25.3 Å². The van der Waals surface area contributed by atoms with Crippen LogP contribution in [0.2, 0.25) is 0 Å². The number of carbonyl (C=O) groups excluding carboxylic acids is 3. The molecule has 1 aliphatic carbocycles. The van der Waals surface area contributed by atoms with Crippen molar-refractivity contribution in [2.45, 2.75) is 46.1 Å². The lowest BCUT2D eigenvalue weighted by Crippen LogP contribution is -2.35. The van der Waals surface area contributed by atoms with Crippen molar-refractivity contribution in [2.24, 2.45) is 17.8 Å². The molecule has 0 saturated heterocycles. The van der Waals surface area contributed by atoms with Gasteiger partial charge in [-0.1, -0.05) is 33.8 Å². The highest BCUT2D eigenvalue weighted by atomic mass is 16.7. The Kier molecular flexibility index (Phi) is 9.06. The molecule has 0 heterocycles. The molecule has 0 aromatic heterocycles. The summed E-state index contributed by atoms with van der Waals surface area (Å²) in [6.07, 6.45) is 4.08. The largest absolute Gasteiger partial charge is 0.458 e. The van der Waals surface area contributed by atoms with E-state index in [-0.39, 0.29) is 18.9 Å². The first-order valence-electron chi connectivity index (χ1n) is 11.8. The minimum absolute atomic E-state index is 0.0789. The molecule has 2 aromatic carbocycles. The van der Waals surface area contributed by atoms with Crippen LogP contribution in [0.1, 0.15) is 60.7 Å². The molecule has 3 rings (SSSR count). The van der Waals surface area contributed by atoms with E-state index in [1.165, 1.54) is 12.1 Å². The Morgan fingerprint density at radius 1 is 0.943 bits per heavy atom. The molecule has 1 saturated carbocycles. The van der Waals surface area contributed by atoms with Gasteiger partial charge in [-0.15, -0.1) is 0 Å². The first kappa shape index (κ1) is 26.0. The normalized spacial score (nSPS) is 19.5. The van der Waals surface area contributed by atoms with Gasteiger partial charge in [-0.05, 0) is 79.1 Å². The van der Waals surface area contributed by atoms with Crippen LogP contribution in [0.5, 0.6) is 11.5 Å². The highest BCUT2D eigenvalue weighted by Crippen LogP contribution is 2.35. The van der Waals surface area contributed by atoms with Gasteiger partial charge in [0.1, 0.15) is 17.6 Å². The summed E-state index contributed by atoms with van der Waals surface area (Å²) in [5.74, 6) is 0.602. The summed E-state index contributed by atoms with van der Waals surface area (Å²) >= 11 is 0. The lowest BCUT2D eigenvalue weighted by molar-refractivity contribution is -0.144. The minimum atomic E-state index is -0.590. The Bertz CT molecular complexity index is 1020. The molecule has 0 amide bonds. The Labute approximate surface area is 206 Å². The van der Waals surface area contributed by atoms with Crippen LogP contribution in [0.15, 0.2) is 61.2 Å². The molecule has 0 radical (unpaired) electrons. The SMILES string of the molecule is C=CC(=O)OCOc1ccc(C(=O)Oc2ccc(C(=O)OC3CC(C)CCC3C(C)C)cc2)cc1. The topological polar surface area (TPSA) is 88.1 Å². The Balaban J connectivity index is 1.54. The van der Waals surface area contributed by atoms with Gasteiger partial charge in [0.05, 0.1) is 11.1 Å². The van der Waals surface area contributed by atoms with Gasteiger partial charge in [0.2, 0.25) is 6.79 Å². The minimum Gasteiger partial charge on any atom is -0.458 e. The second-order valence-corrected chi connectivity index (χ2v) is 9.14. The van der Waals surface area contributed by atoms with Gasteiger partial charge in [0.15, 0.2) is 0 Å². The number of hydrogen-bond acceptors (Lipinski definition) is 7. The van der Waals surface area contributed by atoms with Crippen molar-refractivity contribution in [1.29, 1.82) is 0 Å². The summed E-state index contributed by atoms with van der Waals surface area (Å²) in [4.78, 5) is 36.2. The fourth-order valence-electron chi connectivity index (χ4n) is 4.18. The van der Waals surface area contributed by atoms with E-state index in [9.17, 15) is 14.4 Å². The van der Waals surface area contributed by atoms with Gasteiger partial charge in [0.25, 0.3) is 0 Å². The molecule has 0 aliphatic heterocycles. The van der Waals surface area contributed by atoms with Crippen molar-refractivity contribution in [2.75, 3.05) is 6.79 Å². The van der Waals surface area contributed by atoms with Crippen molar-refractivity contribution in [3.05, 3.63) is 72.3 Å². The summed E-state index contributed by atoms with van der Waals surface area (Å²) < 4.78 is 21.3. The first-order chi connectivity index (χ1) is 16.8. The molecule has 1 fully saturated rings. The molecule has 7 nitrogen and oxygen atoms in total. The zero-order chi connectivity index (χ0) is 25.4. The summed E-state index contributed by atoms with van der Waals surface area (Å²) in [6.45, 7) is 9.57. The standard InChI is InChI=1S/C28H32O7/c1-5-26(29)33-17-32-22-11-7-20(8-12-22)27(30)34-23-13-9-21(10-14-23)28(31)35-25-16-19(4)6-15-24(25)18(2)3/h5,7-14,18-19,24-25H,1,6,15-17H2,2-4H3. The fraction of sp³-hybridized carbons (Fsp3) is 0.393. The molecular formula is C28H32O7. The van der Waals surface area contributed by atoms with Gasteiger partial charge < -0.3 is 18.9 Å².